The van der Waals surface area contributed by atoms with Crippen molar-refractivity contribution in [3.05, 3.63) is 29.6 Å². The first-order chi connectivity index (χ1) is 9.45. The van der Waals surface area contributed by atoms with E-state index in [-0.39, 0.29) is 11.9 Å². The van der Waals surface area contributed by atoms with E-state index in [1.54, 1.807) is 12.1 Å². The molecule has 2 N–H and O–H groups in total. The van der Waals surface area contributed by atoms with E-state index in [2.05, 4.69) is 25.7 Å². The minimum absolute atomic E-state index is 0.0419. The molecule has 1 aromatic rings. The summed E-state index contributed by atoms with van der Waals surface area (Å²) in [7, 11) is 0. The molecule has 0 aliphatic heterocycles. The van der Waals surface area contributed by atoms with Gasteiger partial charge in [-0.3, -0.25) is 0 Å². The molecule has 0 aromatic heterocycles. The molecular weight excluding hydrogens is 251 g/mol. The SMILES string of the molecule is CCCCCN(c1ccc(F)cc1CC(C)N)C(C)C. The number of rotatable bonds is 8. The monoisotopic (exact) mass is 280 g/mol. The molecule has 0 fully saturated rings. The first kappa shape index (κ1) is 17.0. The summed E-state index contributed by atoms with van der Waals surface area (Å²) in [6.07, 6.45) is 4.32. The highest BCUT2D eigenvalue weighted by Crippen LogP contribution is 2.25. The summed E-state index contributed by atoms with van der Waals surface area (Å²) in [4.78, 5) is 2.37. The number of nitrogens with zero attached hydrogens (tertiary/aromatic N) is 1. The zero-order valence-corrected chi connectivity index (χ0v) is 13.3. The van der Waals surface area contributed by atoms with Crippen molar-refractivity contribution in [2.24, 2.45) is 5.73 Å². The third-order valence-corrected chi connectivity index (χ3v) is 3.52. The lowest BCUT2D eigenvalue weighted by atomic mass is 10.0. The van der Waals surface area contributed by atoms with Gasteiger partial charge in [0, 0.05) is 24.3 Å². The molecule has 0 spiro atoms. The molecule has 0 saturated heterocycles. The molecular formula is C17H29FN2. The minimum atomic E-state index is -0.179. The number of anilines is 1. The molecule has 2 nitrogen and oxygen atoms in total. The number of hydrogen-bond donors (Lipinski definition) is 1. The molecule has 0 saturated carbocycles. The van der Waals surface area contributed by atoms with E-state index in [0.717, 1.165) is 17.8 Å². The highest BCUT2D eigenvalue weighted by molar-refractivity contribution is 5.54. The lowest BCUT2D eigenvalue weighted by Crippen LogP contribution is -2.33. The van der Waals surface area contributed by atoms with Crippen LogP contribution in [-0.2, 0) is 6.42 Å². The maximum atomic E-state index is 13.5. The van der Waals surface area contributed by atoms with Crippen molar-refractivity contribution < 1.29 is 4.39 Å². The lowest BCUT2D eigenvalue weighted by molar-refractivity contribution is 0.608. The molecule has 0 bridgehead atoms. The van der Waals surface area contributed by atoms with Crippen LogP contribution < -0.4 is 10.6 Å². The van der Waals surface area contributed by atoms with Gasteiger partial charge in [0.15, 0.2) is 0 Å². The fraction of sp³-hybridized carbons (Fsp3) is 0.647. The van der Waals surface area contributed by atoms with E-state index >= 15 is 0 Å². The van der Waals surface area contributed by atoms with Crippen molar-refractivity contribution in [2.75, 3.05) is 11.4 Å². The van der Waals surface area contributed by atoms with E-state index in [1.807, 2.05) is 13.0 Å². The largest absolute Gasteiger partial charge is 0.369 e. The second-order valence-electron chi connectivity index (χ2n) is 5.95. The average molecular weight is 280 g/mol. The average Bonchev–Trinajstić information content (AvgIpc) is 2.35. The van der Waals surface area contributed by atoms with Gasteiger partial charge in [-0.15, -0.1) is 0 Å². The zero-order valence-electron chi connectivity index (χ0n) is 13.3. The van der Waals surface area contributed by atoms with Gasteiger partial charge in [0.05, 0.1) is 0 Å². The predicted molar refractivity (Wildman–Crippen MR) is 85.8 cm³/mol. The van der Waals surface area contributed by atoms with Gasteiger partial charge in [-0.1, -0.05) is 19.8 Å². The standard InChI is InChI=1S/C17H29FN2/c1-5-6-7-10-20(13(2)3)17-9-8-16(18)12-15(17)11-14(4)19/h8-9,12-14H,5-7,10-11,19H2,1-4H3. The highest BCUT2D eigenvalue weighted by atomic mass is 19.1. The minimum Gasteiger partial charge on any atom is -0.369 e. The number of benzene rings is 1. The molecule has 1 rings (SSSR count). The van der Waals surface area contributed by atoms with Crippen LogP contribution in [0.2, 0.25) is 0 Å². The van der Waals surface area contributed by atoms with Crippen molar-refractivity contribution in [3.8, 4) is 0 Å². The van der Waals surface area contributed by atoms with Crippen molar-refractivity contribution >= 4 is 5.69 Å². The van der Waals surface area contributed by atoms with Gasteiger partial charge in [-0.05, 0) is 57.4 Å². The van der Waals surface area contributed by atoms with Crippen molar-refractivity contribution in [1.82, 2.24) is 0 Å². The van der Waals surface area contributed by atoms with Crippen LogP contribution in [0.15, 0.2) is 18.2 Å². The van der Waals surface area contributed by atoms with Gasteiger partial charge in [0.25, 0.3) is 0 Å². The van der Waals surface area contributed by atoms with Crippen molar-refractivity contribution in [3.63, 3.8) is 0 Å². The van der Waals surface area contributed by atoms with Gasteiger partial charge >= 0.3 is 0 Å². The summed E-state index contributed by atoms with van der Waals surface area (Å²) in [6, 6.07) is 5.53. The first-order valence-electron chi connectivity index (χ1n) is 7.76. The fourth-order valence-corrected chi connectivity index (χ4v) is 2.53. The number of unbranched alkanes of at least 4 members (excludes halogenated alkanes) is 2. The van der Waals surface area contributed by atoms with E-state index in [1.165, 1.54) is 19.3 Å². The second-order valence-corrected chi connectivity index (χ2v) is 5.95. The number of nitrogens with two attached hydrogens (primary N) is 1. The summed E-state index contributed by atoms with van der Waals surface area (Å²) >= 11 is 0. The number of halogens is 1. The van der Waals surface area contributed by atoms with E-state index in [9.17, 15) is 4.39 Å². The lowest BCUT2D eigenvalue weighted by Gasteiger charge is -2.31. The summed E-state index contributed by atoms with van der Waals surface area (Å²) < 4.78 is 13.5. The summed E-state index contributed by atoms with van der Waals surface area (Å²) in [6.45, 7) is 9.56. The molecule has 114 valence electrons. The molecule has 0 amide bonds. The van der Waals surface area contributed by atoms with E-state index in [0.29, 0.717) is 12.5 Å². The molecule has 0 aliphatic carbocycles. The summed E-state index contributed by atoms with van der Waals surface area (Å²) in [5.74, 6) is -0.179. The van der Waals surface area contributed by atoms with Gasteiger partial charge in [-0.25, -0.2) is 4.39 Å². The van der Waals surface area contributed by atoms with Crippen LogP contribution in [0.25, 0.3) is 0 Å². The van der Waals surface area contributed by atoms with Gasteiger partial charge in [0.1, 0.15) is 5.82 Å². The maximum Gasteiger partial charge on any atom is 0.123 e. The van der Waals surface area contributed by atoms with Crippen LogP contribution in [-0.4, -0.2) is 18.6 Å². The molecule has 1 aromatic carbocycles. The Morgan fingerprint density at radius 1 is 1.20 bits per heavy atom. The third-order valence-electron chi connectivity index (χ3n) is 3.52. The topological polar surface area (TPSA) is 29.3 Å². The van der Waals surface area contributed by atoms with Crippen LogP contribution in [0.5, 0.6) is 0 Å². The Bertz CT molecular complexity index is 402. The smallest absolute Gasteiger partial charge is 0.123 e. The Morgan fingerprint density at radius 2 is 1.90 bits per heavy atom. The van der Waals surface area contributed by atoms with Crippen molar-refractivity contribution in [2.45, 2.75) is 65.5 Å². The van der Waals surface area contributed by atoms with E-state index < -0.39 is 0 Å². The Hall–Kier alpha value is -1.09. The molecule has 0 heterocycles. The van der Waals surface area contributed by atoms with Gasteiger partial charge in [0.2, 0.25) is 0 Å². The summed E-state index contributed by atoms with van der Waals surface area (Å²) in [5.41, 5.74) is 8.05. The second kappa shape index (κ2) is 8.25. The van der Waals surface area contributed by atoms with Crippen LogP contribution in [0.3, 0.4) is 0 Å². The molecule has 3 heteroatoms. The van der Waals surface area contributed by atoms with Crippen molar-refractivity contribution in [1.29, 1.82) is 0 Å². The maximum absolute atomic E-state index is 13.5. The number of hydrogen-bond acceptors (Lipinski definition) is 2. The van der Waals surface area contributed by atoms with Crippen LogP contribution in [0.1, 0.15) is 52.5 Å². The third kappa shape index (κ3) is 5.12. The van der Waals surface area contributed by atoms with E-state index in [4.69, 9.17) is 5.73 Å². The Labute approximate surface area is 123 Å². The fourth-order valence-electron chi connectivity index (χ4n) is 2.53. The molecule has 0 aliphatic rings. The molecule has 20 heavy (non-hydrogen) atoms. The summed E-state index contributed by atoms with van der Waals surface area (Å²) in [5, 5.41) is 0. The Balaban J connectivity index is 2.98. The molecule has 1 atom stereocenters. The van der Waals surface area contributed by atoms with Crippen LogP contribution in [0, 0.1) is 5.82 Å². The first-order valence-corrected chi connectivity index (χ1v) is 7.76. The highest BCUT2D eigenvalue weighted by Gasteiger charge is 2.15. The predicted octanol–water partition coefficient (Wildman–Crippen LogP) is 4.12. The van der Waals surface area contributed by atoms with Gasteiger partial charge < -0.3 is 10.6 Å². The normalized spacial score (nSPS) is 12.8. The molecule has 0 radical (unpaired) electrons. The van der Waals surface area contributed by atoms with Gasteiger partial charge in [-0.2, -0.15) is 0 Å². The van der Waals surface area contributed by atoms with Crippen LogP contribution >= 0.6 is 0 Å². The zero-order chi connectivity index (χ0) is 15.1. The Kier molecular flexibility index (Phi) is 7.00. The van der Waals surface area contributed by atoms with Crippen LogP contribution in [0.4, 0.5) is 10.1 Å². The molecule has 1 unspecified atom stereocenters. The quantitative estimate of drug-likeness (QED) is 0.726. The Morgan fingerprint density at radius 3 is 2.45 bits per heavy atom.